The average Bonchev–Trinajstić information content (AvgIpc) is 2.61. The smallest absolute Gasteiger partial charge is 0.242 e. The molecule has 0 aliphatic carbocycles. The largest absolute Gasteiger partial charge is 0.308 e. The summed E-state index contributed by atoms with van der Waals surface area (Å²) < 4.78 is 22.5. The van der Waals surface area contributed by atoms with Crippen molar-refractivity contribution in [1.29, 1.82) is 0 Å². The van der Waals surface area contributed by atoms with E-state index >= 15 is 0 Å². The molecule has 0 fully saturated rings. The molecule has 0 unspecified atom stereocenters. The number of alkyl halides is 1. The summed E-state index contributed by atoms with van der Waals surface area (Å²) in [4.78, 5) is 13.4. The van der Waals surface area contributed by atoms with E-state index in [4.69, 9.17) is 16.7 Å². The highest BCUT2D eigenvalue weighted by molar-refractivity contribution is 7.89. The Hall–Kier alpha value is -1.11. The number of fused-ring (bicyclic) bond motifs is 1. The summed E-state index contributed by atoms with van der Waals surface area (Å²) in [6.07, 6.45) is 0.599. The number of amides is 1. The molecule has 1 aromatic carbocycles. The summed E-state index contributed by atoms with van der Waals surface area (Å²) in [5.74, 6) is -0.285. The zero-order valence-corrected chi connectivity index (χ0v) is 11.3. The Bertz CT molecular complexity index is 600. The van der Waals surface area contributed by atoms with Crippen molar-refractivity contribution < 1.29 is 13.2 Å². The molecular weight excluding hydrogens is 276 g/mol. The van der Waals surface area contributed by atoms with Crippen LogP contribution in [-0.4, -0.2) is 26.2 Å². The van der Waals surface area contributed by atoms with Crippen LogP contribution in [0.4, 0.5) is 5.69 Å². The van der Waals surface area contributed by atoms with Crippen LogP contribution < -0.4 is 10.0 Å². The molecule has 1 heterocycles. The van der Waals surface area contributed by atoms with Gasteiger partial charge in [0.05, 0.1) is 4.90 Å². The van der Waals surface area contributed by atoms with Gasteiger partial charge in [-0.3, -0.25) is 4.79 Å². The fourth-order valence-corrected chi connectivity index (χ4v) is 2.92. The minimum atomic E-state index is -3.71. The van der Waals surface area contributed by atoms with E-state index in [-0.39, 0.29) is 22.7 Å². The fraction of sp³-hybridized carbons (Fsp3) is 0.364. The molecule has 18 heavy (non-hydrogen) atoms. The summed E-state index contributed by atoms with van der Waals surface area (Å²) >= 11 is 5.56. The van der Waals surface area contributed by atoms with Crippen LogP contribution in [-0.2, 0) is 21.2 Å². The number of primary sulfonamides is 1. The molecule has 1 aliphatic heterocycles. The first kappa shape index (κ1) is 13.3. The van der Waals surface area contributed by atoms with Crippen LogP contribution in [0.2, 0.25) is 0 Å². The molecule has 0 radical (unpaired) electrons. The van der Waals surface area contributed by atoms with E-state index in [0.29, 0.717) is 12.1 Å². The van der Waals surface area contributed by atoms with Gasteiger partial charge in [0.1, 0.15) is 5.88 Å². The number of hydrogen-bond donors (Lipinski definition) is 1. The molecule has 5 nitrogen and oxygen atoms in total. The van der Waals surface area contributed by atoms with E-state index < -0.39 is 10.0 Å². The lowest BCUT2D eigenvalue weighted by atomic mass is 10.1. The normalized spacial score (nSPS) is 18.8. The van der Waals surface area contributed by atoms with Gasteiger partial charge in [0.15, 0.2) is 0 Å². The van der Waals surface area contributed by atoms with Crippen molar-refractivity contribution in [1.82, 2.24) is 0 Å². The highest BCUT2D eigenvalue weighted by Gasteiger charge is 2.31. The molecule has 98 valence electrons. The van der Waals surface area contributed by atoms with Crippen LogP contribution >= 0.6 is 11.6 Å². The van der Waals surface area contributed by atoms with E-state index in [1.54, 1.807) is 11.0 Å². The van der Waals surface area contributed by atoms with Crippen molar-refractivity contribution in [2.24, 2.45) is 5.14 Å². The third-order valence-electron chi connectivity index (χ3n) is 2.98. The third kappa shape index (κ3) is 2.23. The van der Waals surface area contributed by atoms with E-state index in [1.165, 1.54) is 12.1 Å². The van der Waals surface area contributed by atoms with Crippen LogP contribution in [0, 0.1) is 0 Å². The van der Waals surface area contributed by atoms with Crippen LogP contribution in [0.25, 0.3) is 0 Å². The zero-order valence-electron chi connectivity index (χ0n) is 9.76. The van der Waals surface area contributed by atoms with E-state index in [0.717, 1.165) is 5.56 Å². The molecule has 1 aromatic rings. The second-order valence-electron chi connectivity index (χ2n) is 4.29. The van der Waals surface area contributed by atoms with E-state index in [9.17, 15) is 13.2 Å². The van der Waals surface area contributed by atoms with Crippen molar-refractivity contribution in [3.05, 3.63) is 23.8 Å². The van der Waals surface area contributed by atoms with Crippen LogP contribution in [0.5, 0.6) is 0 Å². The quantitative estimate of drug-likeness (QED) is 0.819. The monoisotopic (exact) mass is 288 g/mol. The van der Waals surface area contributed by atoms with Crippen molar-refractivity contribution in [3.8, 4) is 0 Å². The molecule has 0 aromatic heterocycles. The molecule has 1 amide bonds. The minimum Gasteiger partial charge on any atom is -0.308 e. The number of anilines is 1. The van der Waals surface area contributed by atoms with Crippen LogP contribution in [0.1, 0.15) is 12.5 Å². The lowest BCUT2D eigenvalue weighted by Gasteiger charge is -2.21. The van der Waals surface area contributed by atoms with Crippen molar-refractivity contribution in [3.63, 3.8) is 0 Å². The number of sulfonamides is 1. The number of rotatable bonds is 2. The minimum absolute atomic E-state index is 0.0259. The van der Waals surface area contributed by atoms with Crippen molar-refractivity contribution >= 4 is 33.2 Å². The Morgan fingerprint density at radius 2 is 2.22 bits per heavy atom. The van der Waals surface area contributed by atoms with E-state index in [1.807, 2.05) is 6.92 Å². The first-order valence-corrected chi connectivity index (χ1v) is 7.46. The molecule has 0 saturated heterocycles. The zero-order chi connectivity index (χ0) is 13.5. The number of halogens is 1. The SMILES string of the molecule is C[C@@H]1Cc2cc(S(N)(=O)=O)ccc2N1C(=O)CCl. The lowest BCUT2D eigenvalue weighted by Crippen LogP contribution is -2.36. The second-order valence-corrected chi connectivity index (χ2v) is 6.11. The topological polar surface area (TPSA) is 80.5 Å². The predicted octanol–water partition coefficient (Wildman–Crippen LogP) is 0.850. The lowest BCUT2D eigenvalue weighted by molar-refractivity contribution is -0.116. The van der Waals surface area contributed by atoms with Gasteiger partial charge in [0.2, 0.25) is 15.9 Å². The first-order valence-electron chi connectivity index (χ1n) is 5.38. The maximum absolute atomic E-state index is 11.7. The van der Waals surface area contributed by atoms with Gasteiger partial charge in [-0.2, -0.15) is 0 Å². The molecule has 0 saturated carbocycles. The van der Waals surface area contributed by atoms with Gasteiger partial charge in [0, 0.05) is 11.7 Å². The first-order chi connectivity index (χ1) is 8.34. The molecule has 2 rings (SSSR count). The number of carbonyl (C=O) groups excluding carboxylic acids is 1. The highest BCUT2D eigenvalue weighted by Crippen LogP contribution is 2.33. The summed E-state index contributed by atoms with van der Waals surface area (Å²) in [5.41, 5.74) is 1.51. The Balaban J connectivity index is 2.48. The maximum atomic E-state index is 11.7. The van der Waals surface area contributed by atoms with Gasteiger partial charge in [-0.15, -0.1) is 11.6 Å². The third-order valence-corrected chi connectivity index (χ3v) is 4.12. The molecule has 7 heteroatoms. The van der Waals surface area contributed by atoms with Gasteiger partial charge in [-0.1, -0.05) is 0 Å². The standard InChI is InChI=1S/C11H13ClN2O3S/c1-7-4-8-5-9(18(13,16)17)2-3-10(8)14(7)11(15)6-12/h2-3,5,7H,4,6H2,1H3,(H2,13,16,17)/t7-/m1/s1. The molecule has 1 aliphatic rings. The number of nitrogens with two attached hydrogens (primary N) is 1. The summed E-state index contributed by atoms with van der Waals surface area (Å²) in [6, 6.07) is 4.49. The molecule has 0 spiro atoms. The number of hydrogen-bond acceptors (Lipinski definition) is 3. The van der Waals surface area contributed by atoms with Gasteiger partial charge >= 0.3 is 0 Å². The summed E-state index contributed by atoms with van der Waals surface area (Å²) in [7, 11) is -3.71. The molecule has 2 N–H and O–H groups in total. The van der Waals surface area contributed by atoms with Gasteiger partial charge in [-0.05, 0) is 37.1 Å². The maximum Gasteiger partial charge on any atom is 0.242 e. The number of carbonyl (C=O) groups is 1. The van der Waals surface area contributed by atoms with Crippen LogP contribution in [0.15, 0.2) is 23.1 Å². The second kappa shape index (κ2) is 4.53. The number of benzene rings is 1. The predicted molar refractivity (Wildman–Crippen MR) is 69.2 cm³/mol. The summed E-state index contributed by atoms with van der Waals surface area (Å²) in [6.45, 7) is 1.89. The molecular formula is C11H13ClN2O3S. The van der Waals surface area contributed by atoms with E-state index in [2.05, 4.69) is 0 Å². The fourth-order valence-electron chi connectivity index (χ4n) is 2.23. The Morgan fingerprint density at radius 1 is 1.56 bits per heavy atom. The van der Waals surface area contributed by atoms with Crippen molar-refractivity contribution in [2.75, 3.05) is 10.8 Å². The van der Waals surface area contributed by atoms with Crippen LogP contribution in [0.3, 0.4) is 0 Å². The number of nitrogens with zero attached hydrogens (tertiary/aromatic N) is 1. The Labute approximate surface area is 111 Å². The average molecular weight is 289 g/mol. The Kier molecular flexibility index (Phi) is 3.35. The molecule has 1 atom stereocenters. The van der Waals surface area contributed by atoms with Gasteiger partial charge in [-0.25, -0.2) is 13.6 Å². The van der Waals surface area contributed by atoms with Gasteiger partial charge in [0.25, 0.3) is 0 Å². The summed E-state index contributed by atoms with van der Waals surface area (Å²) in [5, 5.41) is 5.08. The Morgan fingerprint density at radius 3 is 2.78 bits per heavy atom. The highest BCUT2D eigenvalue weighted by atomic mass is 35.5. The van der Waals surface area contributed by atoms with Crippen molar-refractivity contribution in [2.45, 2.75) is 24.3 Å². The molecule has 0 bridgehead atoms. The van der Waals surface area contributed by atoms with Gasteiger partial charge < -0.3 is 4.90 Å².